The van der Waals surface area contributed by atoms with Crippen LogP contribution in [0.3, 0.4) is 0 Å². The van der Waals surface area contributed by atoms with Crippen molar-refractivity contribution in [1.29, 1.82) is 0 Å². The van der Waals surface area contributed by atoms with Gasteiger partial charge in [0.15, 0.2) is 0 Å². The van der Waals surface area contributed by atoms with Gasteiger partial charge < -0.3 is 4.74 Å². The summed E-state index contributed by atoms with van der Waals surface area (Å²) in [5, 5.41) is 0. The van der Waals surface area contributed by atoms with E-state index < -0.39 is 0 Å². The molecule has 1 heterocycles. The van der Waals surface area contributed by atoms with Crippen molar-refractivity contribution in [2.45, 2.75) is 6.92 Å². The molecule has 0 unspecified atom stereocenters. The summed E-state index contributed by atoms with van der Waals surface area (Å²) in [5.74, 6) is -0.335. The third kappa shape index (κ3) is 3.06. The van der Waals surface area contributed by atoms with E-state index in [-0.39, 0.29) is 35.5 Å². The van der Waals surface area contributed by atoms with Gasteiger partial charge in [-0.3, -0.25) is 9.59 Å². The number of amides is 2. The van der Waals surface area contributed by atoms with Crippen LogP contribution in [-0.4, -0.2) is 18.4 Å². The van der Waals surface area contributed by atoms with E-state index in [0.29, 0.717) is 12.3 Å². The average Bonchev–Trinajstić information content (AvgIpc) is 3.51. The van der Waals surface area contributed by atoms with E-state index in [1.165, 1.54) is 10.5 Å². The van der Waals surface area contributed by atoms with Gasteiger partial charge in [0.25, 0.3) is 0 Å². The molecule has 1 saturated heterocycles. The summed E-state index contributed by atoms with van der Waals surface area (Å²) >= 11 is 0. The maximum absolute atomic E-state index is 13.7. The number of hydrogen-bond donors (Lipinski definition) is 0. The Bertz CT molecular complexity index is 1230. The van der Waals surface area contributed by atoms with Crippen LogP contribution < -0.4 is 9.64 Å². The van der Waals surface area contributed by atoms with E-state index in [2.05, 4.69) is 36.4 Å². The third-order valence-corrected chi connectivity index (χ3v) is 7.24. The first-order chi connectivity index (χ1) is 16.7. The Balaban J connectivity index is 1.42. The topological polar surface area (TPSA) is 46.6 Å². The molecule has 4 heteroatoms. The SMILES string of the molecule is CCOc1ccc(N2C(=O)[C@H]3[C@H](C2=O)[C@H]2C=C[C@H]3C2=C(c2ccccc2)c2ccccc2)cc1. The van der Waals surface area contributed by atoms with E-state index in [4.69, 9.17) is 4.74 Å². The van der Waals surface area contributed by atoms with Crippen LogP contribution in [0.1, 0.15) is 18.1 Å². The summed E-state index contributed by atoms with van der Waals surface area (Å²) in [7, 11) is 0. The predicted octanol–water partition coefficient (Wildman–Crippen LogP) is 5.51. The molecule has 0 spiro atoms. The largest absolute Gasteiger partial charge is 0.494 e. The van der Waals surface area contributed by atoms with E-state index in [9.17, 15) is 9.59 Å². The highest BCUT2D eigenvalue weighted by Gasteiger charge is 2.62. The normalized spacial score (nSPS) is 24.6. The molecular formula is C30H25NO3. The van der Waals surface area contributed by atoms with Crippen molar-refractivity contribution in [2.24, 2.45) is 23.7 Å². The van der Waals surface area contributed by atoms with Gasteiger partial charge in [0, 0.05) is 11.8 Å². The number of imide groups is 1. The molecule has 4 atom stereocenters. The summed E-state index contributed by atoms with van der Waals surface area (Å²) in [6.07, 6.45) is 4.28. The fourth-order valence-corrected chi connectivity index (χ4v) is 5.92. The van der Waals surface area contributed by atoms with Gasteiger partial charge in [-0.15, -0.1) is 0 Å². The van der Waals surface area contributed by atoms with E-state index in [1.54, 1.807) is 12.1 Å². The summed E-state index contributed by atoms with van der Waals surface area (Å²) < 4.78 is 5.52. The Labute approximate surface area is 199 Å². The Morgan fingerprint density at radius 3 is 1.71 bits per heavy atom. The molecule has 6 rings (SSSR count). The molecule has 4 nitrogen and oxygen atoms in total. The number of carbonyl (C=O) groups is 2. The molecule has 1 aliphatic heterocycles. The van der Waals surface area contributed by atoms with Crippen LogP contribution in [0.4, 0.5) is 5.69 Å². The summed E-state index contributed by atoms with van der Waals surface area (Å²) in [4.78, 5) is 28.7. The van der Waals surface area contributed by atoms with Gasteiger partial charge in [-0.25, -0.2) is 4.90 Å². The highest BCUT2D eigenvalue weighted by Crippen LogP contribution is 2.58. The van der Waals surface area contributed by atoms with Gasteiger partial charge in [0.05, 0.1) is 24.1 Å². The zero-order valence-electron chi connectivity index (χ0n) is 18.9. The van der Waals surface area contributed by atoms with Gasteiger partial charge >= 0.3 is 0 Å². The number of rotatable bonds is 5. The Morgan fingerprint density at radius 1 is 0.735 bits per heavy atom. The molecule has 2 bridgehead atoms. The molecule has 3 aliphatic rings. The Morgan fingerprint density at radius 2 is 1.24 bits per heavy atom. The van der Waals surface area contributed by atoms with Crippen LogP contribution in [0.5, 0.6) is 5.75 Å². The Hall–Kier alpha value is -3.92. The van der Waals surface area contributed by atoms with Crippen molar-refractivity contribution < 1.29 is 14.3 Å². The molecule has 2 fully saturated rings. The lowest BCUT2D eigenvalue weighted by Gasteiger charge is -2.21. The van der Waals surface area contributed by atoms with Crippen molar-refractivity contribution in [3.8, 4) is 5.75 Å². The lowest BCUT2D eigenvalue weighted by Crippen LogP contribution is -2.33. The van der Waals surface area contributed by atoms with Crippen molar-refractivity contribution in [2.75, 3.05) is 11.5 Å². The molecule has 0 radical (unpaired) electrons. The number of allylic oxidation sites excluding steroid dienone is 3. The lowest BCUT2D eigenvalue weighted by atomic mass is 9.85. The van der Waals surface area contributed by atoms with Crippen molar-refractivity contribution >= 4 is 23.1 Å². The van der Waals surface area contributed by atoms with Crippen LogP contribution in [0, 0.1) is 23.7 Å². The molecule has 34 heavy (non-hydrogen) atoms. The van der Waals surface area contributed by atoms with Gasteiger partial charge in [-0.05, 0) is 53.5 Å². The van der Waals surface area contributed by atoms with Crippen LogP contribution in [-0.2, 0) is 9.59 Å². The molecule has 1 saturated carbocycles. The van der Waals surface area contributed by atoms with Crippen LogP contribution in [0.25, 0.3) is 5.57 Å². The number of benzene rings is 3. The second-order valence-corrected chi connectivity index (χ2v) is 8.99. The average molecular weight is 448 g/mol. The monoisotopic (exact) mass is 447 g/mol. The van der Waals surface area contributed by atoms with Gasteiger partial charge in [0.1, 0.15) is 5.75 Å². The number of nitrogens with zero attached hydrogens (tertiary/aromatic N) is 1. The minimum absolute atomic E-state index is 0.0745. The summed E-state index contributed by atoms with van der Waals surface area (Å²) in [6, 6.07) is 27.8. The minimum atomic E-state index is -0.355. The fraction of sp³-hybridized carbons (Fsp3) is 0.200. The zero-order valence-corrected chi connectivity index (χ0v) is 18.9. The second-order valence-electron chi connectivity index (χ2n) is 8.99. The standard InChI is InChI=1S/C30H25NO3/c1-2-34-22-15-13-21(14-16-22)31-29(32)27-23-17-18-24(28(27)30(31)33)26(23)25(19-9-5-3-6-10-19)20-11-7-4-8-12-20/h3-18,23-24,27-28H,2H2,1H3/t23-,24-,27+,28+/m0/s1. The third-order valence-electron chi connectivity index (χ3n) is 7.24. The molecule has 0 N–H and O–H groups in total. The number of hydrogen-bond acceptors (Lipinski definition) is 3. The highest BCUT2D eigenvalue weighted by molar-refractivity contribution is 6.23. The molecule has 2 aliphatic carbocycles. The maximum Gasteiger partial charge on any atom is 0.238 e. The van der Waals surface area contributed by atoms with E-state index in [0.717, 1.165) is 22.4 Å². The molecule has 3 aromatic carbocycles. The van der Waals surface area contributed by atoms with Crippen LogP contribution in [0.15, 0.2) is 103 Å². The van der Waals surface area contributed by atoms with Crippen LogP contribution >= 0.6 is 0 Å². The van der Waals surface area contributed by atoms with Crippen molar-refractivity contribution in [3.63, 3.8) is 0 Å². The first kappa shape index (κ1) is 20.7. The maximum atomic E-state index is 13.7. The highest BCUT2D eigenvalue weighted by atomic mass is 16.5. The molecule has 168 valence electrons. The lowest BCUT2D eigenvalue weighted by molar-refractivity contribution is -0.122. The number of ether oxygens (including phenoxy) is 1. The van der Waals surface area contributed by atoms with Crippen molar-refractivity contribution in [1.82, 2.24) is 0 Å². The zero-order chi connectivity index (χ0) is 23.2. The second kappa shape index (κ2) is 8.14. The summed E-state index contributed by atoms with van der Waals surface area (Å²) in [5.41, 5.74) is 5.18. The first-order valence-corrected chi connectivity index (χ1v) is 11.8. The molecule has 0 aromatic heterocycles. The molecular weight excluding hydrogens is 422 g/mol. The Kier molecular flexibility index (Phi) is 4.95. The number of fused-ring (bicyclic) bond motifs is 5. The quantitative estimate of drug-likeness (QED) is 0.383. The smallest absolute Gasteiger partial charge is 0.238 e. The number of anilines is 1. The summed E-state index contributed by atoms with van der Waals surface area (Å²) in [6.45, 7) is 2.50. The van der Waals surface area contributed by atoms with Crippen LogP contribution in [0.2, 0.25) is 0 Å². The molecule has 3 aromatic rings. The molecule has 2 amide bonds. The number of carbonyl (C=O) groups excluding carboxylic acids is 2. The van der Waals surface area contributed by atoms with Gasteiger partial charge in [0.2, 0.25) is 11.8 Å². The van der Waals surface area contributed by atoms with Gasteiger partial charge in [-0.1, -0.05) is 72.8 Å². The predicted molar refractivity (Wildman–Crippen MR) is 132 cm³/mol. The van der Waals surface area contributed by atoms with Gasteiger partial charge in [-0.2, -0.15) is 0 Å². The fourth-order valence-electron chi connectivity index (χ4n) is 5.92. The van der Waals surface area contributed by atoms with E-state index in [1.807, 2.05) is 55.5 Å². The van der Waals surface area contributed by atoms with E-state index >= 15 is 0 Å². The van der Waals surface area contributed by atoms with Crippen molar-refractivity contribution in [3.05, 3.63) is 114 Å². The minimum Gasteiger partial charge on any atom is -0.494 e. The first-order valence-electron chi connectivity index (χ1n) is 11.8.